The average molecular weight is 756 g/mol. The summed E-state index contributed by atoms with van der Waals surface area (Å²) in [6.45, 7) is 0. The van der Waals surface area contributed by atoms with Crippen LogP contribution in [0.4, 0.5) is 0 Å². The molecule has 0 bridgehead atoms. The Balaban J connectivity index is 1.02. The van der Waals surface area contributed by atoms with E-state index in [0.29, 0.717) is 23.3 Å². The number of fused-ring (bicyclic) bond motifs is 4. The maximum atomic E-state index is 6.62. The molecule has 0 saturated carbocycles. The molecule has 0 N–H and O–H groups in total. The van der Waals surface area contributed by atoms with Gasteiger partial charge in [0.05, 0.1) is 17.0 Å². The quantitative estimate of drug-likeness (QED) is 0.161. The minimum Gasteiger partial charge on any atom is -0.455 e. The number of benzene rings is 8. The zero-order chi connectivity index (χ0) is 39.1. The first-order valence-electron chi connectivity index (χ1n) is 19.6. The molecule has 11 aromatic rings. The molecule has 0 unspecified atom stereocenters. The third-order valence-electron chi connectivity index (χ3n) is 10.7. The van der Waals surface area contributed by atoms with Crippen LogP contribution in [0.1, 0.15) is 0 Å². The number of hydrogen-bond donors (Lipinski definition) is 0. The van der Waals surface area contributed by atoms with Crippen molar-refractivity contribution in [2.45, 2.75) is 0 Å². The van der Waals surface area contributed by atoms with Crippen LogP contribution >= 0.6 is 0 Å². The van der Waals surface area contributed by atoms with Gasteiger partial charge >= 0.3 is 0 Å². The first-order valence-corrected chi connectivity index (χ1v) is 19.6. The first kappa shape index (κ1) is 34.2. The molecule has 0 atom stereocenters. The Morgan fingerprint density at radius 2 is 0.763 bits per heavy atom. The van der Waals surface area contributed by atoms with Crippen molar-refractivity contribution in [3.63, 3.8) is 0 Å². The summed E-state index contributed by atoms with van der Waals surface area (Å²) in [7, 11) is 0. The van der Waals surface area contributed by atoms with Gasteiger partial charge in [0, 0.05) is 38.6 Å². The van der Waals surface area contributed by atoms with Crippen LogP contribution < -0.4 is 0 Å². The van der Waals surface area contributed by atoms with E-state index in [1.807, 2.05) is 97.1 Å². The third kappa shape index (κ3) is 6.49. The predicted molar refractivity (Wildman–Crippen MR) is 238 cm³/mol. The van der Waals surface area contributed by atoms with E-state index in [-0.39, 0.29) is 0 Å². The van der Waals surface area contributed by atoms with Crippen molar-refractivity contribution in [2.24, 2.45) is 0 Å². The van der Waals surface area contributed by atoms with Crippen LogP contribution in [0.15, 0.2) is 205 Å². The Kier molecular flexibility index (Phi) is 8.37. The largest absolute Gasteiger partial charge is 0.455 e. The van der Waals surface area contributed by atoms with E-state index >= 15 is 0 Å². The molecule has 0 radical (unpaired) electrons. The second-order valence-electron chi connectivity index (χ2n) is 14.5. The second kappa shape index (κ2) is 14.4. The summed E-state index contributed by atoms with van der Waals surface area (Å²) in [4.78, 5) is 25.3. The van der Waals surface area contributed by atoms with Crippen LogP contribution in [-0.2, 0) is 0 Å². The Labute approximate surface area is 340 Å². The van der Waals surface area contributed by atoms with Crippen molar-refractivity contribution in [3.05, 3.63) is 200 Å². The topological polar surface area (TPSA) is 77.6 Å². The van der Waals surface area contributed by atoms with Crippen LogP contribution in [0.25, 0.3) is 112 Å². The highest BCUT2D eigenvalue weighted by molar-refractivity contribution is 6.13. The maximum absolute atomic E-state index is 6.62. The van der Waals surface area contributed by atoms with E-state index in [9.17, 15) is 0 Å². The summed E-state index contributed by atoms with van der Waals surface area (Å²) in [5, 5.41) is 4.37. The molecule has 6 nitrogen and oxygen atoms in total. The van der Waals surface area contributed by atoms with E-state index in [2.05, 4.69) is 103 Å². The van der Waals surface area contributed by atoms with Crippen LogP contribution in [0.2, 0.25) is 0 Å². The van der Waals surface area contributed by atoms with E-state index in [1.165, 1.54) is 5.39 Å². The van der Waals surface area contributed by atoms with Gasteiger partial charge in [-0.3, -0.25) is 0 Å². The fourth-order valence-corrected chi connectivity index (χ4v) is 7.77. The lowest BCUT2D eigenvalue weighted by Crippen LogP contribution is -2.00. The standard InChI is InChI=1S/C53H33N5O/c1-4-15-34(16-5-1)46-33-47(55-50(54-46)35-17-6-2-7-18-35)41-25-12-23-37(29-41)38-24-13-26-42(30-38)52-56-51(36-19-8-3-9-20-36)57-53(58-52)44-28-14-27-43-45-31-39-21-10-11-22-40(39)32-48(45)59-49(43)44/h1-33H. The molecule has 0 spiro atoms. The number of aromatic nitrogens is 5. The molecule has 3 aromatic heterocycles. The first-order chi connectivity index (χ1) is 29.2. The van der Waals surface area contributed by atoms with Crippen molar-refractivity contribution in [2.75, 3.05) is 0 Å². The summed E-state index contributed by atoms with van der Waals surface area (Å²) >= 11 is 0. The number of rotatable bonds is 7. The van der Waals surface area contributed by atoms with Gasteiger partial charge in [0.2, 0.25) is 0 Å². The molecule has 0 amide bonds. The fraction of sp³-hybridized carbons (Fsp3) is 0. The molecule has 8 aromatic carbocycles. The molecule has 6 heteroatoms. The van der Waals surface area contributed by atoms with Crippen molar-refractivity contribution < 1.29 is 4.42 Å². The molecule has 3 heterocycles. The van der Waals surface area contributed by atoms with E-state index in [4.69, 9.17) is 29.3 Å². The highest BCUT2D eigenvalue weighted by Gasteiger charge is 2.19. The van der Waals surface area contributed by atoms with Gasteiger partial charge in [-0.25, -0.2) is 24.9 Å². The summed E-state index contributed by atoms with van der Waals surface area (Å²) in [5.74, 6) is 2.38. The van der Waals surface area contributed by atoms with Gasteiger partial charge in [0.15, 0.2) is 23.3 Å². The highest BCUT2D eigenvalue weighted by Crippen LogP contribution is 2.38. The van der Waals surface area contributed by atoms with Gasteiger partial charge in [-0.2, -0.15) is 0 Å². The lowest BCUT2D eigenvalue weighted by Gasteiger charge is -2.12. The van der Waals surface area contributed by atoms with E-state index < -0.39 is 0 Å². The van der Waals surface area contributed by atoms with E-state index in [1.54, 1.807) is 0 Å². The van der Waals surface area contributed by atoms with Crippen LogP contribution in [0, 0.1) is 0 Å². The Morgan fingerprint density at radius 3 is 1.44 bits per heavy atom. The molecule has 0 aliphatic rings. The normalized spacial score (nSPS) is 11.4. The predicted octanol–water partition coefficient (Wildman–Crippen LogP) is 13.4. The third-order valence-corrected chi connectivity index (χ3v) is 10.7. The molecule has 0 aliphatic heterocycles. The highest BCUT2D eigenvalue weighted by atomic mass is 16.3. The zero-order valence-electron chi connectivity index (χ0n) is 31.7. The Bertz CT molecular complexity index is 3270. The number of nitrogens with zero attached hydrogens (tertiary/aromatic N) is 5. The van der Waals surface area contributed by atoms with E-state index in [0.717, 1.165) is 83.2 Å². The summed E-state index contributed by atoms with van der Waals surface area (Å²) in [6.07, 6.45) is 0. The van der Waals surface area contributed by atoms with Gasteiger partial charge < -0.3 is 4.42 Å². The van der Waals surface area contributed by atoms with Gasteiger partial charge in [0.1, 0.15) is 11.2 Å². The molecule has 0 fully saturated rings. The SMILES string of the molecule is c1ccc(-c2cc(-c3cccc(-c4cccc(-c5nc(-c6ccccc6)nc(-c6cccc7c6oc6cc8ccccc8cc67)n5)c4)c3)nc(-c3ccccc3)n2)cc1. The maximum Gasteiger partial charge on any atom is 0.167 e. The van der Waals surface area contributed by atoms with Crippen LogP contribution in [0.5, 0.6) is 0 Å². The second-order valence-corrected chi connectivity index (χ2v) is 14.5. The van der Waals surface area contributed by atoms with Gasteiger partial charge in [-0.15, -0.1) is 0 Å². The molecule has 0 aliphatic carbocycles. The van der Waals surface area contributed by atoms with Crippen LogP contribution in [0.3, 0.4) is 0 Å². The van der Waals surface area contributed by atoms with Gasteiger partial charge in [-0.05, 0) is 58.3 Å². The lowest BCUT2D eigenvalue weighted by molar-refractivity contribution is 0.670. The van der Waals surface area contributed by atoms with Crippen molar-refractivity contribution >= 4 is 32.7 Å². The minimum absolute atomic E-state index is 0.544. The number of hydrogen-bond acceptors (Lipinski definition) is 6. The van der Waals surface area contributed by atoms with Gasteiger partial charge in [0.25, 0.3) is 0 Å². The Hall–Kier alpha value is -8.09. The number of para-hydroxylation sites is 1. The molecule has 276 valence electrons. The molecule has 0 saturated heterocycles. The van der Waals surface area contributed by atoms with Crippen molar-refractivity contribution in [1.82, 2.24) is 24.9 Å². The number of furan rings is 1. The molecular weight excluding hydrogens is 723 g/mol. The molecular formula is C53H33N5O. The Morgan fingerprint density at radius 1 is 0.288 bits per heavy atom. The summed E-state index contributed by atoms with van der Waals surface area (Å²) in [6, 6.07) is 68.2. The lowest BCUT2D eigenvalue weighted by atomic mass is 9.99. The van der Waals surface area contributed by atoms with Crippen molar-refractivity contribution in [1.29, 1.82) is 0 Å². The van der Waals surface area contributed by atoms with Crippen molar-refractivity contribution in [3.8, 4) is 79.2 Å². The molecule has 11 rings (SSSR count). The molecule has 59 heavy (non-hydrogen) atoms. The smallest absolute Gasteiger partial charge is 0.167 e. The fourth-order valence-electron chi connectivity index (χ4n) is 7.77. The minimum atomic E-state index is 0.544. The van der Waals surface area contributed by atoms with Crippen LogP contribution in [-0.4, -0.2) is 24.9 Å². The average Bonchev–Trinajstić information content (AvgIpc) is 3.69. The summed E-state index contributed by atoms with van der Waals surface area (Å²) < 4.78 is 6.62. The zero-order valence-corrected chi connectivity index (χ0v) is 31.7. The summed E-state index contributed by atoms with van der Waals surface area (Å²) in [5.41, 5.74) is 10.9. The monoisotopic (exact) mass is 755 g/mol. The van der Waals surface area contributed by atoms with Gasteiger partial charge in [-0.1, -0.05) is 164 Å².